The molecule has 2 aromatic carbocycles. The number of hydrogen-bond acceptors (Lipinski definition) is 8. The molecule has 10 heteroatoms. The largest absolute Gasteiger partial charge is 0.462 e. The zero-order chi connectivity index (χ0) is 31.6. The van der Waals surface area contributed by atoms with Crippen molar-refractivity contribution in [2.45, 2.75) is 65.2 Å². The lowest BCUT2D eigenvalue weighted by Crippen LogP contribution is -2.30. The zero-order valence-electron chi connectivity index (χ0n) is 25.0. The lowest BCUT2D eigenvalue weighted by Gasteiger charge is -2.14. The van der Waals surface area contributed by atoms with Gasteiger partial charge in [-0.2, -0.15) is 0 Å². The number of esters is 2. The molecule has 0 fully saturated rings. The second-order valence-electron chi connectivity index (χ2n) is 10.8. The molecule has 0 radical (unpaired) electrons. The first-order valence-corrected chi connectivity index (χ1v) is 14.8. The molecule has 0 N–H and O–H groups in total. The highest BCUT2D eigenvalue weighted by molar-refractivity contribution is 6.31. The number of hydrogen-bond donors (Lipinski definition) is 0. The number of carbonyl (C=O) groups excluding carboxylic acids is 6. The third-order valence-corrected chi connectivity index (χ3v) is 7.43. The van der Waals surface area contributed by atoms with Crippen molar-refractivity contribution >= 4 is 46.9 Å². The summed E-state index contributed by atoms with van der Waals surface area (Å²) in [5.74, 6) is -2.39. The van der Waals surface area contributed by atoms with Gasteiger partial charge in [0, 0.05) is 23.3 Å². The first kappa shape index (κ1) is 32.1. The molecule has 0 atom stereocenters. The number of imide groups is 2. The second-order valence-corrected chi connectivity index (χ2v) is 10.8. The molecule has 2 aliphatic rings. The maximum Gasteiger partial charge on any atom is 0.338 e. The van der Waals surface area contributed by atoms with Crippen LogP contribution < -0.4 is 9.80 Å². The van der Waals surface area contributed by atoms with E-state index >= 15 is 0 Å². The topological polar surface area (TPSA) is 127 Å². The molecule has 2 heterocycles. The van der Waals surface area contributed by atoms with Gasteiger partial charge in [-0.15, -0.1) is 0 Å². The number of anilines is 2. The average molecular weight is 601 g/mol. The molecule has 4 rings (SSSR count). The van der Waals surface area contributed by atoms with Gasteiger partial charge in [0.25, 0.3) is 23.6 Å². The molecule has 44 heavy (non-hydrogen) atoms. The molecule has 0 unspecified atom stereocenters. The van der Waals surface area contributed by atoms with Gasteiger partial charge < -0.3 is 9.47 Å². The van der Waals surface area contributed by atoms with Gasteiger partial charge in [0.2, 0.25) is 0 Å². The van der Waals surface area contributed by atoms with Gasteiger partial charge in [-0.05, 0) is 75.2 Å². The molecule has 0 saturated carbocycles. The summed E-state index contributed by atoms with van der Waals surface area (Å²) in [6, 6.07) is 12.4. The Labute approximate surface area is 256 Å². The van der Waals surface area contributed by atoms with Crippen molar-refractivity contribution in [3.8, 4) is 0 Å². The molecule has 0 bridgehead atoms. The zero-order valence-corrected chi connectivity index (χ0v) is 25.0. The van der Waals surface area contributed by atoms with E-state index in [0.29, 0.717) is 46.9 Å². The molecule has 10 nitrogen and oxygen atoms in total. The van der Waals surface area contributed by atoms with Crippen molar-refractivity contribution in [3.05, 3.63) is 83.0 Å². The van der Waals surface area contributed by atoms with Crippen LogP contribution in [0.4, 0.5) is 11.4 Å². The molecule has 4 amide bonds. The maximum absolute atomic E-state index is 12.3. The van der Waals surface area contributed by atoms with Crippen molar-refractivity contribution in [1.29, 1.82) is 0 Å². The van der Waals surface area contributed by atoms with Gasteiger partial charge in [-0.3, -0.25) is 19.2 Å². The predicted octanol–water partition coefficient (Wildman–Crippen LogP) is 5.46. The van der Waals surface area contributed by atoms with Gasteiger partial charge in [0.1, 0.15) is 0 Å². The van der Waals surface area contributed by atoms with Crippen molar-refractivity contribution in [2.75, 3.05) is 23.0 Å². The smallest absolute Gasteiger partial charge is 0.338 e. The molecular weight excluding hydrogens is 564 g/mol. The summed E-state index contributed by atoms with van der Waals surface area (Å²) in [6.07, 6.45) is 10.2. The summed E-state index contributed by atoms with van der Waals surface area (Å²) in [5.41, 5.74) is 2.31. The molecule has 2 aliphatic heterocycles. The summed E-state index contributed by atoms with van der Waals surface area (Å²) in [5, 5.41) is 0. The van der Waals surface area contributed by atoms with E-state index in [0.717, 1.165) is 61.2 Å². The van der Waals surface area contributed by atoms with Crippen LogP contribution in [0.2, 0.25) is 0 Å². The first-order valence-electron chi connectivity index (χ1n) is 14.8. The Morgan fingerprint density at radius 3 is 1.14 bits per heavy atom. The van der Waals surface area contributed by atoms with E-state index in [1.807, 2.05) is 0 Å². The quantitative estimate of drug-likeness (QED) is 0.150. The Bertz CT molecular complexity index is 1370. The lowest BCUT2D eigenvalue weighted by atomic mass is 10.1. The van der Waals surface area contributed by atoms with Crippen LogP contribution in [-0.4, -0.2) is 48.8 Å². The summed E-state index contributed by atoms with van der Waals surface area (Å²) in [7, 11) is 0. The van der Waals surface area contributed by atoms with Crippen molar-refractivity contribution in [1.82, 2.24) is 0 Å². The van der Waals surface area contributed by atoms with E-state index in [-0.39, 0.29) is 11.8 Å². The van der Waals surface area contributed by atoms with E-state index in [9.17, 15) is 28.8 Å². The Morgan fingerprint density at radius 1 is 0.523 bits per heavy atom. The molecule has 0 aliphatic carbocycles. The van der Waals surface area contributed by atoms with E-state index < -0.39 is 23.8 Å². The van der Waals surface area contributed by atoms with Crippen molar-refractivity contribution in [2.24, 2.45) is 0 Å². The number of amides is 4. The number of carbonyl (C=O) groups is 6. The molecule has 0 aromatic heterocycles. The highest BCUT2D eigenvalue weighted by Gasteiger charge is 2.30. The third-order valence-electron chi connectivity index (χ3n) is 7.43. The third kappa shape index (κ3) is 7.94. The lowest BCUT2D eigenvalue weighted by molar-refractivity contribution is -0.121. The Kier molecular flexibility index (Phi) is 11.0. The van der Waals surface area contributed by atoms with Gasteiger partial charge in [-0.25, -0.2) is 19.4 Å². The summed E-state index contributed by atoms with van der Waals surface area (Å²) in [4.78, 5) is 74.9. The molecular formula is C34H36N2O8. The molecule has 0 saturated heterocycles. The number of nitrogens with zero attached hydrogens (tertiary/aromatic N) is 2. The summed E-state index contributed by atoms with van der Waals surface area (Å²) < 4.78 is 10.7. The predicted molar refractivity (Wildman–Crippen MR) is 163 cm³/mol. The minimum Gasteiger partial charge on any atom is -0.462 e. The molecule has 2 aromatic rings. The Balaban J connectivity index is 1.00. The second kappa shape index (κ2) is 15.0. The van der Waals surface area contributed by atoms with Gasteiger partial charge in [-0.1, -0.05) is 38.5 Å². The molecule has 0 spiro atoms. The Morgan fingerprint density at radius 2 is 0.841 bits per heavy atom. The fourth-order valence-electron chi connectivity index (χ4n) is 4.92. The summed E-state index contributed by atoms with van der Waals surface area (Å²) in [6.45, 7) is 3.83. The van der Waals surface area contributed by atoms with Gasteiger partial charge >= 0.3 is 11.9 Å². The van der Waals surface area contributed by atoms with E-state index in [1.54, 1.807) is 62.4 Å². The van der Waals surface area contributed by atoms with Gasteiger partial charge in [0.15, 0.2) is 0 Å². The van der Waals surface area contributed by atoms with E-state index in [2.05, 4.69) is 0 Å². The van der Waals surface area contributed by atoms with Crippen molar-refractivity contribution in [3.63, 3.8) is 0 Å². The van der Waals surface area contributed by atoms with Crippen LogP contribution >= 0.6 is 0 Å². The normalized spacial score (nSPS) is 14.7. The fraction of sp³-hybridized carbons (Fsp3) is 0.353. The maximum atomic E-state index is 12.3. The monoisotopic (exact) mass is 600 g/mol. The van der Waals surface area contributed by atoms with Crippen LogP contribution in [0.1, 0.15) is 85.9 Å². The van der Waals surface area contributed by atoms with Crippen LogP contribution in [0.25, 0.3) is 0 Å². The fourth-order valence-corrected chi connectivity index (χ4v) is 4.92. The first-order chi connectivity index (χ1) is 21.2. The number of ether oxygens (including phenoxy) is 2. The summed E-state index contributed by atoms with van der Waals surface area (Å²) >= 11 is 0. The molecule has 230 valence electrons. The highest BCUT2D eigenvalue weighted by atomic mass is 16.5. The number of benzene rings is 2. The van der Waals surface area contributed by atoms with Crippen LogP contribution in [-0.2, 0) is 28.7 Å². The standard InChI is InChI=1S/C34H36N2O8/c1-23-21-29(37)35(31(23)39)27-15-11-25(12-16-27)33(41)43-19-9-7-5-3-4-6-8-10-20-44-34(42)26-13-17-28(18-14-26)36-30(38)22-24(2)32(36)40/h11-18,21-22H,3-10,19-20H2,1-2H3. The number of unbranched alkanes of at least 4 members (excludes halogenated alkanes) is 7. The average Bonchev–Trinajstić information content (AvgIpc) is 3.43. The van der Waals surface area contributed by atoms with E-state index in [1.165, 1.54) is 12.2 Å². The van der Waals surface area contributed by atoms with Crippen LogP contribution in [0.3, 0.4) is 0 Å². The van der Waals surface area contributed by atoms with Crippen LogP contribution in [0.5, 0.6) is 0 Å². The highest BCUT2D eigenvalue weighted by Crippen LogP contribution is 2.24. The van der Waals surface area contributed by atoms with Crippen molar-refractivity contribution < 1.29 is 38.2 Å². The number of rotatable bonds is 15. The SMILES string of the molecule is CC1=CC(=O)N(c2ccc(C(=O)OCCCCCCCCCCOC(=O)c3ccc(N4C(=O)C=C(C)C4=O)cc3)cc2)C1=O. The van der Waals surface area contributed by atoms with Crippen LogP contribution in [0, 0.1) is 0 Å². The van der Waals surface area contributed by atoms with Crippen LogP contribution in [0.15, 0.2) is 71.8 Å². The van der Waals surface area contributed by atoms with E-state index in [4.69, 9.17) is 9.47 Å². The van der Waals surface area contributed by atoms with Gasteiger partial charge in [0.05, 0.1) is 35.7 Å². The Hall–Kier alpha value is -4.86. The minimum absolute atomic E-state index is 0.326. The minimum atomic E-state index is -0.440.